The maximum absolute atomic E-state index is 12.4. The van der Waals surface area contributed by atoms with Crippen LogP contribution < -0.4 is 10.0 Å². The minimum atomic E-state index is -4.01. The van der Waals surface area contributed by atoms with E-state index in [2.05, 4.69) is 16.0 Å². The van der Waals surface area contributed by atoms with Gasteiger partial charge >= 0.3 is 0 Å². The molecule has 0 unspecified atom stereocenters. The second-order valence-electron chi connectivity index (χ2n) is 5.28. The third kappa shape index (κ3) is 4.37. The lowest BCUT2D eigenvalue weighted by molar-refractivity contribution is -0.385. The maximum atomic E-state index is 12.4. The molecule has 0 radical (unpaired) electrons. The lowest BCUT2D eigenvalue weighted by Gasteiger charge is -2.09. The molecule has 0 fully saturated rings. The lowest BCUT2D eigenvalue weighted by Crippen LogP contribution is -2.23. The third-order valence-corrected chi connectivity index (χ3v) is 4.82. The number of terminal acetylenes is 1. The van der Waals surface area contributed by atoms with Gasteiger partial charge in [0.1, 0.15) is 0 Å². The Morgan fingerprint density at radius 3 is 2.46 bits per heavy atom. The molecule has 9 heteroatoms. The fourth-order valence-corrected chi connectivity index (χ4v) is 3.17. The van der Waals surface area contributed by atoms with Gasteiger partial charge in [0, 0.05) is 22.9 Å². The van der Waals surface area contributed by atoms with Crippen LogP contribution in [0.5, 0.6) is 0 Å². The number of aryl methyl sites for hydroxylation is 1. The van der Waals surface area contributed by atoms with Crippen LogP contribution in [0.3, 0.4) is 0 Å². The number of nitrogens with zero attached hydrogens (tertiary/aromatic N) is 1. The van der Waals surface area contributed by atoms with Gasteiger partial charge in [0.15, 0.2) is 0 Å². The van der Waals surface area contributed by atoms with E-state index in [9.17, 15) is 23.3 Å². The van der Waals surface area contributed by atoms with Gasteiger partial charge in [-0.25, -0.2) is 8.42 Å². The predicted octanol–water partition coefficient (Wildman–Crippen LogP) is 2.07. The number of carbonyl (C=O) groups is 1. The van der Waals surface area contributed by atoms with E-state index in [1.807, 2.05) is 0 Å². The van der Waals surface area contributed by atoms with Crippen LogP contribution in [0.25, 0.3) is 0 Å². The summed E-state index contributed by atoms with van der Waals surface area (Å²) in [7, 11) is -4.01. The summed E-state index contributed by atoms with van der Waals surface area (Å²) in [6.45, 7) is 1.60. The standard InChI is InChI=1S/C17H15N3O5S/c1-3-10-18-17(21)13-5-7-14(8-6-13)19-26(24,25)15-9-4-12(2)16(11-15)20(22)23/h1,4-9,11,19H,10H2,2H3,(H,18,21). The Kier molecular flexibility index (Phi) is 5.59. The Balaban J connectivity index is 2.22. The minimum absolute atomic E-state index is 0.0828. The summed E-state index contributed by atoms with van der Waals surface area (Å²) < 4.78 is 27.1. The fraction of sp³-hybridized carbons (Fsp3) is 0.118. The van der Waals surface area contributed by atoms with E-state index in [-0.39, 0.29) is 28.7 Å². The summed E-state index contributed by atoms with van der Waals surface area (Å²) in [5, 5.41) is 13.5. The molecule has 8 nitrogen and oxygen atoms in total. The van der Waals surface area contributed by atoms with Crippen molar-refractivity contribution in [3.63, 3.8) is 0 Å². The van der Waals surface area contributed by atoms with Gasteiger partial charge in [-0.1, -0.05) is 12.0 Å². The molecule has 1 amide bonds. The van der Waals surface area contributed by atoms with Crippen molar-refractivity contribution >= 4 is 27.3 Å². The van der Waals surface area contributed by atoms with Gasteiger partial charge < -0.3 is 5.32 Å². The predicted molar refractivity (Wildman–Crippen MR) is 96.3 cm³/mol. The molecule has 26 heavy (non-hydrogen) atoms. The number of hydrogen-bond donors (Lipinski definition) is 2. The smallest absolute Gasteiger partial charge is 0.273 e. The van der Waals surface area contributed by atoms with E-state index >= 15 is 0 Å². The van der Waals surface area contributed by atoms with Crippen LogP contribution in [-0.4, -0.2) is 25.8 Å². The van der Waals surface area contributed by atoms with Crippen molar-refractivity contribution in [3.8, 4) is 12.3 Å². The molecule has 0 aliphatic heterocycles. The molecule has 0 spiro atoms. The van der Waals surface area contributed by atoms with Gasteiger partial charge in [-0.3, -0.25) is 19.6 Å². The van der Waals surface area contributed by atoms with Gasteiger partial charge in [0.2, 0.25) is 0 Å². The van der Waals surface area contributed by atoms with Crippen LogP contribution in [0.15, 0.2) is 47.4 Å². The molecule has 2 aromatic carbocycles. The molecule has 2 N–H and O–H groups in total. The number of hydrogen-bond acceptors (Lipinski definition) is 5. The van der Waals surface area contributed by atoms with Crippen molar-refractivity contribution in [3.05, 3.63) is 63.7 Å². The molecule has 0 atom stereocenters. The van der Waals surface area contributed by atoms with Crippen molar-refractivity contribution in [2.45, 2.75) is 11.8 Å². The van der Waals surface area contributed by atoms with Crippen LogP contribution in [0.4, 0.5) is 11.4 Å². The molecule has 0 aliphatic carbocycles. The van der Waals surface area contributed by atoms with Gasteiger partial charge in [0.25, 0.3) is 21.6 Å². The first-order valence-electron chi connectivity index (χ1n) is 7.34. The summed E-state index contributed by atoms with van der Waals surface area (Å²) >= 11 is 0. The van der Waals surface area contributed by atoms with E-state index in [0.29, 0.717) is 11.1 Å². The minimum Gasteiger partial charge on any atom is -0.341 e. The molecule has 2 aromatic rings. The van der Waals surface area contributed by atoms with Crippen LogP contribution in [0, 0.1) is 29.4 Å². The van der Waals surface area contributed by atoms with E-state index in [4.69, 9.17) is 6.42 Å². The Bertz CT molecular complexity index is 992. The Hall–Kier alpha value is -3.38. The number of nitro benzene ring substituents is 1. The lowest BCUT2D eigenvalue weighted by atomic mass is 10.2. The highest BCUT2D eigenvalue weighted by atomic mass is 32.2. The monoisotopic (exact) mass is 373 g/mol. The van der Waals surface area contributed by atoms with Gasteiger partial charge in [-0.05, 0) is 37.3 Å². The quantitative estimate of drug-likeness (QED) is 0.456. The van der Waals surface area contributed by atoms with E-state index < -0.39 is 14.9 Å². The maximum Gasteiger partial charge on any atom is 0.273 e. The average Bonchev–Trinajstić information content (AvgIpc) is 2.59. The zero-order chi connectivity index (χ0) is 19.3. The number of anilines is 1. The van der Waals surface area contributed by atoms with Crippen molar-refractivity contribution in [1.82, 2.24) is 5.32 Å². The number of carbonyl (C=O) groups excluding carboxylic acids is 1. The molecule has 0 aromatic heterocycles. The second kappa shape index (κ2) is 7.67. The molecule has 0 heterocycles. The third-order valence-electron chi connectivity index (χ3n) is 3.44. The van der Waals surface area contributed by atoms with Crippen molar-refractivity contribution in [2.75, 3.05) is 11.3 Å². The van der Waals surface area contributed by atoms with Crippen LogP contribution >= 0.6 is 0 Å². The highest BCUT2D eigenvalue weighted by molar-refractivity contribution is 7.92. The summed E-state index contributed by atoms with van der Waals surface area (Å²) in [4.78, 5) is 21.8. The van der Waals surface area contributed by atoms with Crippen LogP contribution in [0.1, 0.15) is 15.9 Å². The zero-order valence-electron chi connectivity index (χ0n) is 13.7. The number of benzene rings is 2. The topological polar surface area (TPSA) is 118 Å². The first kappa shape index (κ1) is 19.0. The zero-order valence-corrected chi connectivity index (χ0v) is 14.5. The Morgan fingerprint density at radius 2 is 1.88 bits per heavy atom. The largest absolute Gasteiger partial charge is 0.341 e. The van der Waals surface area contributed by atoms with Crippen LogP contribution in [-0.2, 0) is 10.0 Å². The van der Waals surface area contributed by atoms with Crippen molar-refractivity contribution < 1.29 is 18.1 Å². The molecule has 134 valence electrons. The SMILES string of the molecule is C#CCNC(=O)c1ccc(NS(=O)(=O)c2ccc(C)c([N+](=O)[O-])c2)cc1. The van der Waals surface area contributed by atoms with Gasteiger partial charge in [-0.15, -0.1) is 6.42 Å². The summed E-state index contributed by atoms with van der Waals surface area (Å²) in [5.41, 5.74) is 0.598. The number of rotatable bonds is 6. The molecule has 0 saturated heterocycles. The van der Waals surface area contributed by atoms with Gasteiger partial charge in [-0.2, -0.15) is 0 Å². The molecule has 0 bridgehead atoms. The molecular weight excluding hydrogens is 358 g/mol. The first-order valence-corrected chi connectivity index (χ1v) is 8.82. The molecule has 2 rings (SSSR count). The Labute approximate surface area is 150 Å². The number of nitro groups is 1. The summed E-state index contributed by atoms with van der Waals surface area (Å²) in [6.07, 6.45) is 5.06. The molecule has 0 saturated carbocycles. The molecular formula is C17H15N3O5S. The normalized spacial score (nSPS) is 10.6. The summed E-state index contributed by atoms with van der Waals surface area (Å²) in [6, 6.07) is 9.33. The average molecular weight is 373 g/mol. The highest BCUT2D eigenvalue weighted by Crippen LogP contribution is 2.24. The van der Waals surface area contributed by atoms with E-state index in [1.165, 1.54) is 43.3 Å². The molecule has 0 aliphatic rings. The first-order chi connectivity index (χ1) is 12.2. The van der Waals surface area contributed by atoms with E-state index in [1.54, 1.807) is 0 Å². The second-order valence-corrected chi connectivity index (χ2v) is 6.96. The number of amides is 1. The summed E-state index contributed by atoms with van der Waals surface area (Å²) in [5.74, 6) is 1.89. The number of nitrogens with one attached hydrogen (secondary N) is 2. The van der Waals surface area contributed by atoms with Crippen molar-refractivity contribution in [2.24, 2.45) is 0 Å². The Morgan fingerprint density at radius 1 is 1.23 bits per heavy atom. The van der Waals surface area contributed by atoms with Crippen LogP contribution in [0.2, 0.25) is 0 Å². The number of sulfonamides is 1. The van der Waals surface area contributed by atoms with Crippen molar-refractivity contribution in [1.29, 1.82) is 0 Å². The highest BCUT2D eigenvalue weighted by Gasteiger charge is 2.20. The van der Waals surface area contributed by atoms with Gasteiger partial charge in [0.05, 0.1) is 16.4 Å². The van der Waals surface area contributed by atoms with E-state index in [0.717, 1.165) is 6.07 Å². The fourth-order valence-electron chi connectivity index (χ4n) is 2.09.